The van der Waals surface area contributed by atoms with Gasteiger partial charge in [-0.25, -0.2) is 0 Å². The number of likely N-dealkylation sites (tertiary alicyclic amines) is 1. The van der Waals surface area contributed by atoms with Crippen molar-refractivity contribution in [2.75, 3.05) is 40.8 Å². The van der Waals surface area contributed by atoms with Crippen molar-refractivity contribution in [1.29, 1.82) is 0 Å². The third-order valence-corrected chi connectivity index (χ3v) is 5.14. The number of hydrogen-bond donors (Lipinski definition) is 1. The highest BCUT2D eigenvalue weighted by atomic mass is 16.5. The van der Waals surface area contributed by atoms with Crippen LogP contribution in [0.3, 0.4) is 0 Å². The molecule has 19 heavy (non-hydrogen) atoms. The van der Waals surface area contributed by atoms with Crippen molar-refractivity contribution in [1.82, 2.24) is 9.80 Å². The normalized spacial score (nSPS) is 37.1. The molecule has 1 aliphatic heterocycles. The lowest BCUT2D eigenvalue weighted by Gasteiger charge is -2.48. The number of ether oxygens (including phenoxy) is 1. The second-order valence-electron chi connectivity index (χ2n) is 6.62. The lowest BCUT2D eigenvalue weighted by molar-refractivity contribution is -0.0158. The van der Waals surface area contributed by atoms with Gasteiger partial charge in [-0.2, -0.15) is 0 Å². The first-order chi connectivity index (χ1) is 9.11. The van der Waals surface area contributed by atoms with Gasteiger partial charge in [0.1, 0.15) is 0 Å². The Balaban J connectivity index is 2.04. The SMILES string of the molecule is COC1CCC(CN)(N2CCCC2CN(C)C)CC1. The number of nitrogens with zero attached hydrogens (tertiary/aromatic N) is 2. The van der Waals surface area contributed by atoms with Crippen LogP contribution < -0.4 is 5.73 Å². The molecule has 1 unspecified atom stereocenters. The molecule has 1 saturated carbocycles. The van der Waals surface area contributed by atoms with Gasteiger partial charge in [-0.3, -0.25) is 4.90 Å². The van der Waals surface area contributed by atoms with Crippen molar-refractivity contribution < 1.29 is 4.74 Å². The Kier molecular flexibility index (Phi) is 5.23. The average molecular weight is 269 g/mol. The Hall–Kier alpha value is -0.160. The molecule has 1 atom stereocenters. The van der Waals surface area contributed by atoms with Crippen molar-refractivity contribution in [3.8, 4) is 0 Å². The molecular formula is C15H31N3O. The molecule has 0 spiro atoms. The quantitative estimate of drug-likeness (QED) is 0.817. The van der Waals surface area contributed by atoms with E-state index in [1.54, 1.807) is 0 Å². The summed E-state index contributed by atoms with van der Waals surface area (Å²) < 4.78 is 5.52. The van der Waals surface area contributed by atoms with Crippen LogP contribution in [0.1, 0.15) is 38.5 Å². The predicted molar refractivity (Wildman–Crippen MR) is 79.3 cm³/mol. The lowest BCUT2D eigenvalue weighted by Crippen LogP contribution is -2.59. The molecule has 4 nitrogen and oxygen atoms in total. The molecule has 0 aromatic heterocycles. The Morgan fingerprint density at radius 1 is 1.26 bits per heavy atom. The molecule has 2 rings (SSSR count). The molecule has 2 N–H and O–H groups in total. The summed E-state index contributed by atoms with van der Waals surface area (Å²) in [5.74, 6) is 0. The van der Waals surface area contributed by atoms with E-state index in [9.17, 15) is 0 Å². The number of likely N-dealkylation sites (N-methyl/N-ethyl adjacent to an activating group) is 1. The highest BCUT2D eigenvalue weighted by molar-refractivity contribution is 5.01. The van der Waals surface area contributed by atoms with Gasteiger partial charge in [-0.15, -0.1) is 0 Å². The Morgan fingerprint density at radius 2 is 1.95 bits per heavy atom. The monoisotopic (exact) mass is 269 g/mol. The van der Waals surface area contributed by atoms with E-state index in [1.165, 1.54) is 45.1 Å². The van der Waals surface area contributed by atoms with Gasteiger partial charge >= 0.3 is 0 Å². The molecule has 0 aromatic carbocycles. The van der Waals surface area contributed by atoms with Crippen LogP contribution in [0.4, 0.5) is 0 Å². The fourth-order valence-corrected chi connectivity index (χ4v) is 4.04. The zero-order chi connectivity index (χ0) is 13.9. The van der Waals surface area contributed by atoms with Gasteiger partial charge in [0.25, 0.3) is 0 Å². The fourth-order valence-electron chi connectivity index (χ4n) is 4.04. The summed E-state index contributed by atoms with van der Waals surface area (Å²) in [7, 11) is 6.19. The van der Waals surface area contributed by atoms with Gasteiger partial charge in [-0.05, 0) is 59.2 Å². The van der Waals surface area contributed by atoms with Crippen molar-refractivity contribution >= 4 is 0 Å². The highest BCUT2D eigenvalue weighted by Crippen LogP contribution is 2.38. The number of methoxy groups -OCH3 is 1. The van der Waals surface area contributed by atoms with Crippen LogP contribution in [0.15, 0.2) is 0 Å². The minimum absolute atomic E-state index is 0.242. The summed E-state index contributed by atoms with van der Waals surface area (Å²) in [6, 6.07) is 0.692. The maximum absolute atomic E-state index is 6.20. The van der Waals surface area contributed by atoms with E-state index >= 15 is 0 Å². The van der Waals surface area contributed by atoms with Gasteiger partial charge in [-0.1, -0.05) is 0 Å². The fraction of sp³-hybridized carbons (Fsp3) is 1.00. The molecule has 1 saturated heterocycles. The first kappa shape index (κ1) is 15.2. The summed E-state index contributed by atoms with van der Waals surface area (Å²) in [6.07, 6.45) is 7.84. The highest BCUT2D eigenvalue weighted by Gasteiger charge is 2.44. The first-order valence-electron chi connectivity index (χ1n) is 7.75. The van der Waals surface area contributed by atoms with Crippen molar-refractivity contribution in [3.05, 3.63) is 0 Å². The summed E-state index contributed by atoms with van der Waals surface area (Å²) in [4.78, 5) is 5.05. The second kappa shape index (κ2) is 6.53. The standard InChI is InChI=1S/C15H31N3O/c1-17(2)11-13-5-4-10-18(13)15(12-16)8-6-14(19-3)7-9-15/h13-14H,4-12,16H2,1-3H3. The molecule has 2 fully saturated rings. The molecule has 112 valence electrons. The minimum Gasteiger partial charge on any atom is -0.381 e. The molecule has 1 aliphatic carbocycles. The smallest absolute Gasteiger partial charge is 0.0572 e. The minimum atomic E-state index is 0.242. The Bertz CT molecular complexity index is 275. The number of rotatable bonds is 5. The van der Waals surface area contributed by atoms with Crippen LogP contribution in [0.25, 0.3) is 0 Å². The van der Waals surface area contributed by atoms with Crippen LogP contribution >= 0.6 is 0 Å². The van der Waals surface area contributed by atoms with Crippen molar-refractivity contribution in [2.45, 2.75) is 56.2 Å². The van der Waals surface area contributed by atoms with Crippen LogP contribution in [-0.2, 0) is 4.74 Å². The molecule has 2 aliphatic rings. The van der Waals surface area contributed by atoms with Crippen LogP contribution in [0, 0.1) is 0 Å². The second-order valence-corrected chi connectivity index (χ2v) is 6.62. The van der Waals surface area contributed by atoms with E-state index in [-0.39, 0.29) is 5.54 Å². The molecule has 4 heteroatoms. The van der Waals surface area contributed by atoms with Crippen LogP contribution in [0.5, 0.6) is 0 Å². The van der Waals surface area contributed by atoms with E-state index in [0.717, 1.165) is 13.1 Å². The third kappa shape index (κ3) is 3.30. The molecule has 0 radical (unpaired) electrons. The zero-order valence-corrected chi connectivity index (χ0v) is 12.9. The van der Waals surface area contributed by atoms with Gasteiger partial charge in [0.15, 0.2) is 0 Å². The number of nitrogens with two attached hydrogens (primary N) is 1. The summed E-state index contributed by atoms with van der Waals surface area (Å²) in [6.45, 7) is 3.19. The van der Waals surface area contributed by atoms with Gasteiger partial charge in [0.05, 0.1) is 6.10 Å². The van der Waals surface area contributed by atoms with Gasteiger partial charge < -0.3 is 15.4 Å². The molecule has 1 heterocycles. The van der Waals surface area contributed by atoms with E-state index in [2.05, 4.69) is 23.9 Å². The van der Waals surface area contributed by atoms with E-state index in [4.69, 9.17) is 10.5 Å². The third-order valence-electron chi connectivity index (χ3n) is 5.14. The Morgan fingerprint density at radius 3 is 2.47 bits per heavy atom. The average Bonchev–Trinajstić information content (AvgIpc) is 2.86. The maximum Gasteiger partial charge on any atom is 0.0572 e. The first-order valence-corrected chi connectivity index (χ1v) is 7.75. The Labute approximate surface area is 118 Å². The maximum atomic E-state index is 6.20. The van der Waals surface area contributed by atoms with E-state index in [1.807, 2.05) is 7.11 Å². The topological polar surface area (TPSA) is 41.7 Å². The molecule has 0 aromatic rings. The summed E-state index contributed by atoms with van der Waals surface area (Å²) in [5.41, 5.74) is 6.44. The molecule has 0 amide bonds. The zero-order valence-electron chi connectivity index (χ0n) is 12.9. The van der Waals surface area contributed by atoms with E-state index < -0.39 is 0 Å². The summed E-state index contributed by atoms with van der Waals surface area (Å²) in [5, 5.41) is 0. The van der Waals surface area contributed by atoms with Crippen molar-refractivity contribution in [3.63, 3.8) is 0 Å². The largest absolute Gasteiger partial charge is 0.381 e. The molecule has 0 bridgehead atoms. The number of hydrogen-bond acceptors (Lipinski definition) is 4. The van der Waals surface area contributed by atoms with E-state index in [0.29, 0.717) is 12.1 Å². The van der Waals surface area contributed by atoms with Gasteiger partial charge in [0, 0.05) is 31.8 Å². The van der Waals surface area contributed by atoms with Crippen LogP contribution in [0.2, 0.25) is 0 Å². The summed E-state index contributed by atoms with van der Waals surface area (Å²) >= 11 is 0. The van der Waals surface area contributed by atoms with Crippen LogP contribution in [-0.4, -0.2) is 68.3 Å². The van der Waals surface area contributed by atoms with Gasteiger partial charge in [0.2, 0.25) is 0 Å². The molecular weight excluding hydrogens is 238 g/mol. The predicted octanol–water partition coefficient (Wildman–Crippen LogP) is 1.30. The van der Waals surface area contributed by atoms with Crippen molar-refractivity contribution in [2.24, 2.45) is 5.73 Å². The lowest BCUT2D eigenvalue weighted by atomic mass is 9.78.